The molecule has 4 aromatic heterocycles. The minimum atomic E-state index is -1.22. The van der Waals surface area contributed by atoms with Crippen molar-refractivity contribution in [1.82, 2.24) is 19.1 Å². The van der Waals surface area contributed by atoms with Gasteiger partial charge in [-0.05, 0) is 86.5 Å². The predicted octanol–water partition coefficient (Wildman–Crippen LogP) is 8.39. The van der Waals surface area contributed by atoms with Gasteiger partial charge in [0.05, 0.1) is 52.2 Å². The molecule has 0 atom stereocenters. The van der Waals surface area contributed by atoms with Crippen LogP contribution in [0.4, 0.5) is 0 Å². The Labute approximate surface area is 352 Å². The van der Waals surface area contributed by atoms with Crippen molar-refractivity contribution in [2.45, 2.75) is 13.1 Å². The molecule has 4 heterocycles. The van der Waals surface area contributed by atoms with Gasteiger partial charge in [0, 0.05) is 39.9 Å². The standard InChI is InChI=1S/C23H15BrN2O4.C23H15BrN2O3/c24-20-11-5-6-14(25-20)12-26-13-18(22(28)17-9-3-4-10-19(17)26)21(27)15-7-1-2-8-16(15)23(29)30;24-21-11-5-7-16(25-21)12-26-13-19(23(29)18-9-3-4-10-20(18)26)22(28)17-8-2-1-6-15(17)14-27/h1-11,13H,12H2,(H,29,30);1-11,13-14H,12H2. The zero-order valence-corrected chi connectivity index (χ0v) is 34.0. The molecular weight excluding hydrogens is 880 g/mol. The van der Waals surface area contributed by atoms with Gasteiger partial charge in [0.2, 0.25) is 10.9 Å². The van der Waals surface area contributed by atoms with Gasteiger partial charge in [-0.25, -0.2) is 14.8 Å². The maximum atomic E-state index is 13.2. The fourth-order valence-electron chi connectivity index (χ4n) is 6.67. The second kappa shape index (κ2) is 17.7. The number of nitrogens with zero attached hydrogens (tertiary/aromatic N) is 4. The van der Waals surface area contributed by atoms with Crippen LogP contribution in [0.25, 0.3) is 21.8 Å². The number of carbonyl (C=O) groups excluding carboxylic acids is 3. The molecule has 0 aliphatic rings. The molecule has 13 heteroatoms. The summed E-state index contributed by atoms with van der Waals surface area (Å²) in [6.07, 6.45) is 3.66. The first-order valence-corrected chi connectivity index (χ1v) is 19.6. The molecule has 0 saturated carbocycles. The van der Waals surface area contributed by atoms with Crippen molar-refractivity contribution >= 4 is 77.5 Å². The van der Waals surface area contributed by atoms with Gasteiger partial charge in [-0.1, -0.05) is 78.9 Å². The molecule has 0 aliphatic carbocycles. The molecule has 0 amide bonds. The molecule has 0 fully saturated rings. The van der Waals surface area contributed by atoms with E-state index in [-0.39, 0.29) is 38.8 Å². The van der Waals surface area contributed by atoms with Crippen molar-refractivity contribution in [3.8, 4) is 0 Å². The lowest BCUT2D eigenvalue weighted by Gasteiger charge is -2.13. The summed E-state index contributed by atoms with van der Waals surface area (Å²) in [5.41, 5.74) is 2.32. The summed E-state index contributed by atoms with van der Waals surface area (Å²) in [6, 6.07) is 37.6. The smallest absolute Gasteiger partial charge is 0.336 e. The van der Waals surface area contributed by atoms with E-state index in [1.54, 1.807) is 71.4 Å². The fraction of sp³-hybridized carbons (Fsp3) is 0.0435. The van der Waals surface area contributed by atoms with E-state index >= 15 is 0 Å². The van der Waals surface area contributed by atoms with Gasteiger partial charge < -0.3 is 14.2 Å². The van der Waals surface area contributed by atoms with Gasteiger partial charge in [-0.3, -0.25) is 24.0 Å². The van der Waals surface area contributed by atoms with E-state index < -0.39 is 23.0 Å². The molecule has 290 valence electrons. The number of para-hydroxylation sites is 2. The summed E-state index contributed by atoms with van der Waals surface area (Å²) in [5, 5.41) is 10.3. The maximum absolute atomic E-state index is 13.2. The van der Waals surface area contributed by atoms with E-state index in [0.29, 0.717) is 50.4 Å². The highest BCUT2D eigenvalue weighted by molar-refractivity contribution is 9.10. The Bertz CT molecular complexity index is 3090. The van der Waals surface area contributed by atoms with Crippen LogP contribution in [0.1, 0.15) is 63.9 Å². The number of halogens is 2. The van der Waals surface area contributed by atoms with Crippen LogP contribution in [0.5, 0.6) is 0 Å². The first-order valence-electron chi connectivity index (χ1n) is 18.0. The van der Waals surface area contributed by atoms with Crippen molar-refractivity contribution in [3.63, 3.8) is 0 Å². The number of hydrogen-bond donors (Lipinski definition) is 1. The van der Waals surface area contributed by atoms with Gasteiger partial charge >= 0.3 is 5.97 Å². The number of aromatic carboxylic acids is 1. The quantitative estimate of drug-likeness (QED) is 0.0809. The molecule has 1 N–H and O–H groups in total. The maximum Gasteiger partial charge on any atom is 0.336 e. The summed E-state index contributed by atoms with van der Waals surface area (Å²) in [6.45, 7) is 0.719. The Morgan fingerprint density at radius 1 is 0.525 bits per heavy atom. The van der Waals surface area contributed by atoms with Gasteiger partial charge in [-0.15, -0.1) is 0 Å². The van der Waals surface area contributed by atoms with Gasteiger partial charge in [0.25, 0.3) is 0 Å². The third-order valence-electron chi connectivity index (χ3n) is 9.41. The number of hydrogen-bond acceptors (Lipinski definition) is 8. The third-order valence-corrected chi connectivity index (χ3v) is 10.3. The number of ketones is 2. The van der Waals surface area contributed by atoms with Crippen LogP contribution < -0.4 is 10.9 Å². The van der Waals surface area contributed by atoms with Crippen LogP contribution in [-0.4, -0.2) is 48.0 Å². The number of rotatable bonds is 10. The van der Waals surface area contributed by atoms with E-state index in [2.05, 4.69) is 41.8 Å². The molecular formula is C46H30Br2N4O7. The lowest BCUT2D eigenvalue weighted by molar-refractivity contribution is 0.0692. The summed E-state index contributed by atoms with van der Waals surface area (Å²) in [5.74, 6) is -2.32. The molecule has 0 radical (unpaired) electrons. The Balaban J connectivity index is 0.000000179. The largest absolute Gasteiger partial charge is 0.478 e. The second-order valence-electron chi connectivity index (χ2n) is 13.2. The van der Waals surface area contributed by atoms with Crippen LogP contribution in [0.15, 0.2) is 165 Å². The highest BCUT2D eigenvalue weighted by Gasteiger charge is 2.23. The average molecular weight is 911 g/mol. The molecule has 0 aliphatic heterocycles. The monoisotopic (exact) mass is 908 g/mol. The molecule has 0 saturated heterocycles. The third kappa shape index (κ3) is 8.66. The van der Waals surface area contributed by atoms with Gasteiger partial charge in [0.15, 0.2) is 17.9 Å². The summed E-state index contributed by atoms with van der Waals surface area (Å²) in [4.78, 5) is 84.2. The lowest BCUT2D eigenvalue weighted by Crippen LogP contribution is -2.21. The normalized spacial score (nSPS) is 10.8. The Kier molecular flexibility index (Phi) is 12.1. The molecule has 4 aromatic carbocycles. The van der Waals surface area contributed by atoms with Crippen molar-refractivity contribution in [2.75, 3.05) is 0 Å². The minimum Gasteiger partial charge on any atom is -0.478 e. The molecule has 0 spiro atoms. The summed E-state index contributed by atoms with van der Waals surface area (Å²) < 4.78 is 5.00. The lowest BCUT2D eigenvalue weighted by atomic mass is 9.98. The average Bonchev–Trinajstić information content (AvgIpc) is 3.25. The highest BCUT2D eigenvalue weighted by Crippen LogP contribution is 2.20. The molecule has 8 rings (SSSR count). The summed E-state index contributed by atoms with van der Waals surface area (Å²) >= 11 is 6.71. The number of carboxylic acids is 1. The van der Waals surface area contributed by atoms with Gasteiger partial charge in [-0.2, -0.15) is 0 Å². The van der Waals surface area contributed by atoms with E-state index in [1.807, 2.05) is 59.2 Å². The van der Waals surface area contributed by atoms with Crippen molar-refractivity contribution in [2.24, 2.45) is 0 Å². The minimum absolute atomic E-state index is 0.0213. The van der Waals surface area contributed by atoms with Crippen molar-refractivity contribution in [3.05, 3.63) is 220 Å². The van der Waals surface area contributed by atoms with Crippen LogP contribution >= 0.6 is 31.9 Å². The first-order chi connectivity index (χ1) is 28.5. The van der Waals surface area contributed by atoms with Crippen LogP contribution in [-0.2, 0) is 13.1 Å². The molecule has 0 unspecified atom stereocenters. The highest BCUT2D eigenvalue weighted by atomic mass is 79.9. The number of aldehydes is 1. The van der Waals surface area contributed by atoms with Crippen LogP contribution in [0, 0.1) is 0 Å². The topological polar surface area (TPSA) is 158 Å². The Morgan fingerprint density at radius 3 is 1.42 bits per heavy atom. The van der Waals surface area contributed by atoms with Gasteiger partial charge in [0.1, 0.15) is 9.21 Å². The van der Waals surface area contributed by atoms with E-state index in [1.165, 1.54) is 24.4 Å². The zero-order valence-electron chi connectivity index (χ0n) is 30.8. The Morgan fingerprint density at radius 2 is 0.949 bits per heavy atom. The van der Waals surface area contributed by atoms with E-state index in [9.17, 15) is 33.9 Å². The first kappa shape index (κ1) is 40.2. The second-order valence-corrected chi connectivity index (χ2v) is 14.8. The molecule has 0 bridgehead atoms. The van der Waals surface area contributed by atoms with Crippen LogP contribution in [0.2, 0.25) is 0 Å². The van der Waals surface area contributed by atoms with E-state index in [4.69, 9.17) is 0 Å². The number of fused-ring (bicyclic) bond motifs is 2. The molecule has 11 nitrogen and oxygen atoms in total. The van der Waals surface area contributed by atoms with Crippen molar-refractivity contribution < 1.29 is 24.3 Å². The van der Waals surface area contributed by atoms with E-state index in [0.717, 1.165) is 11.4 Å². The molecule has 59 heavy (non-hydrogen) atoms. The number of carbonyl (C=O) groups is 4. The zero-order chi connectivity index (χ0) is 41.6. The number of carboxylic acid groups (broad SMARTS) is 1. The summed E-state index contributed by atoms with van der Waals surface area (Å²) in [7, 11) is 0. The SMILES string of the molecule is O=C(O)c1ccccc1C(=O)c1cn(Cc2cccc(Br)n2)c2ccccc2c1=O.O=Cc1ccccc1C(=O)c1cn(Cc2cccc(Br)n2)c2ccccc2c1=O. The number of pyridine rings is 4. The number of aromatic nitrogens is 4. The molecule has 8 aromatic rings. The number of benzene rings is 4. The Hall–Kier alpha value is -6.96. The van der Waals surface area contributed by atoms with Crippen molar-refractivity contribution in [1.29, 1.82) is 0 Å². The van der Waals surface area contributed by atoms with Crippen LogP contribution in [0.3, 0.4) is 0 Å². The fourth-order valence-corrected chi connectivity index (χ4v) is 7.43. The predicted molar refractivity (Wildman–Crippen MR) is 231 cm³/mol.